The zero-order valence-electron chi connectivity index (χ0n) is 11.6. The summed E-state index contributed by atoms with van der Waals surface area (Å²) in [7, 11) is 1.60. The highest BCUT2D eigenvalue weighted by Gasteiger charge is 2.28. The highest BCUT2D eigenvalue weighted by atomic mass is 35.5. The number of amides is 1. The Labute approximate surface area is 127 Å². The molecule has 1 aliphatic heterocycles. The van der Waals surface area contributed by atoms with Crippen LogP contribution in [0.25, 0.3) is 0 Å². The number of benzene rings is 1. The first-order valence-electron chi connectivity index (χ1n) is 6.75. The molecule has 0 bridgehead atoms. The molecule has 2 aromatic rings. The van der Waals surface area contributed by atoms with Crippen LogP contribution in [0.1, 0.15) is 17.7 Å². The van der Waals surface area contributed by atoms with Crippen LogP contribution in [0.2, 0.25) is 5.02 Å². The highest BCUT2D eigenvalue weighted by molar-refractivity contribution is 6.32. The van der Waals surface area contributed by atoms with E-state index < -0.39 is 0 Å². The van der Waals surface area contributed by atoms with Crippen molar-refractivity contribution in [1.82, 2.24) is 5.16 Å². The molecule has 3 rings (SSSR count). The SMILES string of the molecule is COc1ccc(Cl)c2c1N(C(=O)Cc1ccon1)CCC2. The molecule has 5 nitrogen and oxygen atoms in total. The maximum Gasteiger partial charge on any atom is 0.233 e. The number of fused-ring (bicyclic) bond motifs is 1. The van der Waals surface area contributed by atoms with Crippen molar-refractivity contribution in [3.05, 3.63) is 40.7 Å². The lowest BCUT2D eigenvalue weighted by atomic mass is 10.00. The summed E-state index contributed by atoms with van der Waals surface area (Å²) in [5, 5.41) is 4.46. The Kier molecular flexibility index (Phi) is 3.84. The van der Waals surface area contributed by atoms with E-state index in [9.17, 15) is 4.79 Å². The lowest BCUT2D eigenvalue weighted by Gasteiger charge is -2.31. The number of hydrogen-bond acceptors (Lipinski definition) is 4. The average Bonchev–Trinajstić information content (AvgIpc) is 3.00. The van der Waals surface area contributed by atoms with E-state index in [4.69, 9.17) is 20.9 Å². The van der Waals surface area contributed by atoms with Crippen LogP contribution in [0, 0.1) is 0 Å². The molecule has 1 aliphatic rings. The van der Waals surface area contributed by atoms with Gasteiger partial charge in [-0.3, -0.25) is 4.79 Å². The van der Waals surface area contributed by atoms with Gasteiger partial charge in [0.05, 0.1) is 24.9 Å². The van der Waals surface area contributed by atoms with Crippen LogP contribution in [0.3, 0.4) is 0 Å². The summed E-state index contributed by atoms with van der Waals surface area (Å²) in [6, 6.07) is 5.30. The summed E-state index contributed by atoms with van der Waals surface area (Å²) < 4.78 is 10.2. The summed E-state index contributed by atoms with van der Waals surface area (Å²) in [6.45, 7) is 0.653. The van der Waals surface area contributed by atoms with E-state index in [1.807, 2.05) is 6.07 Å². The molecule has 2 heterocycles. The number of hydrogen-bond donors (Lipinski definition) is 0. The fraction of sp³-hybridized carbons (Fsp3) is 0.333. The van der Waals surface area contributed by atoms with Crippen molar-refractivity contribution in [3.8, 4) is 5.75 Å². The van der Waals surface area contributed by atoms with E-state index in [-0.39, 0.29) is 12.3 Å². The Morgan fingerprint density at radius 2 is 2.33 bits per heavy atom. The number of anilines is 1. The molecule has 110 valence electrons. The molecule has 0 unspecified atom stereocenters. The molecule has 0 saturated heterocycles. The Bertz CT molecular complexity index is 655. The van der Waals surface area contributed by atoms with Crippen LogP contribution in [0.15, 0.2) is 29.0 Å². The van der Waals surface area contributed by atoms with Gasteiger partial charge >= 0.3 is 0 Å². The fourth-order valence-corrected chi connectivity index (χ4v) is 2.89. The monoisotopic (exact) mass is 306 g/mol. The number of rotatable bonds is 3. The Balaban J connectivity index is 1.96. The van der Waals surface area contributed by atoms with Gasteiger partial charge < -0.3 is 14.2 Å². The van der Waals surface area contributed by atoms with E-state index in [0.717, 1.165) is 24.1 Å². The molecule has 0 N–H and O–H groups in total. The van der Waals surface area contributed by atoms with E-state index in [1.54, 1.807) is 24.1 Å². The number of carbonyl (C=O) groups excluding carboxylic acids is 1. The number of ether oxygens (including phenoxy) is 1. The zero-order chi connectivity index (χ0) is 14.8. The summed E-state index contributed by atoms with van der Waals surface area (Å²) in [5.41, 5.74) is 2.37. The summed E-state index contributed by atoms with van der Waals surface area (Å²) in [4.78, 5) is 14.3. The van der Waals surface area contributed by atoms with Crippen molar-refractivity contribution in [2.24, 2.45) is 0 Å². The minimum Gasteiger partial charge on any atom is -0.495 e. The van der Waals surface area contributed by atoms with Gasteiger partial charge in [-0.2, -0.15) is 0 Å². The van der Waals surface area contributed by atoms with Crippen LogP contribution in [-0.4, -0.2) is 24.7 Å². The Morgan fingerprint density at radius 3 is 3.05 bits per heavy atom. The maximum atomic E-state index is 12.6. The molecule has 1 aromatic carbocycles. The summed E-state index contributed by atoms with van der Waals surface area (Å²) in [5.74, 6) is 0.632. The lowest BCUT2D eigenvalue weighted by molar-refractivity contribution is -0.118. The molecule has 0 saturated carbocycles. The molecule has 0 spiro atoms. The first-order chi connectivity index (χ1) is 10.2. The van der Waals surface area contributed by atoms with E-state index in [1.165, 1.54) is 6.26 Å². The molecule has 6 heteroatoms. The molecule has 0 atom stereocenters. The van der Waals surface area contributed by atoms with Gasteiger partial charge in [0.15, 0.2) is 0 Å². The molecule has 0 fully saturated rings. The van der Waals surface area contributed by atoms with Gasteiger partial charge in [0, 0.05) is 17.6 Å². The standard InChI is InChI=1S/C15H15ClN2O3/c1-20-13-5-4-12(16)11-3-2-7-18(15(11)13)14(19)9-10-6-8-21-17-10/h4-6,8H,2-3,7,9H2,1H3. The number of methoxy groups -OCH3 is 1. The molecule has 1 aromatic heterocycles. The highest BCUT2D eigenvalue weighted by Crippen LogP contribution is 2.40. The van der Waals surface area contributed by atoms with Crippen LogP contribution in [0.5, 0.6) is 5.75 Å². The second kappa shape index (κ2) is 5.77. The molecular formula is C15H15ClN2O3. The normalized spacial score (nSPS) is 13.9. The molecule has 0 aliphatic carbocycles. The fourth-order valence-electron chi connectivity index (χ4n) is 2.64. The van der Waals surface area contributed by atoms with Crippen molar-refractivity contribution < 1.29 is 14.1 Å². The molecule has 0 radical (unpaired) electrons. The third-order valence-corrected chi connectivity index (χ3v) is 3.97. The van der Waals surface area contributed by atoms with E-state index >= 15 is 0 Å². The first kappa shape index (κ1) is 13.9. The van der Waals surface area contributed by atoms with Crippen molar-refractivity contribution in [2.75, 3.05) is 18.6 Å². The van der Waals surface area contributed by atoms with Crippen molar-refractivity contribution in [2.45, 2.75) is 19.3 Å². The third-order valence-electron chi connectivity index (χ3n) is 3.61. The number of halogens is 1. The quantitative estimate of drug-likeness (QED) is 0.875. The van der Waals surface area contributed by atoms with Gasteiger partial charge in [0.1, 0.15) is 12.0 Å². The number of carbonyl (C=O) groups is 1. The third kappa shape index (κ3) is 2.61. The number of nitrogens with zero attached hydrogens (tertiary/aromatic N) is 2. The Morgan fingerprint density at radius 1 is 1.48 bits per heavy atom. The lowest BCUT2D eigenvalue weighted by Crippen LogP contribution is -2.37. The first-order valence-corrected chi connectivity index (χ1v) is 7.13. The maximum absolute atomic E-state index is 12.6. The van der Waals surface area contributed by atoms with Crippen molar-refractivity contribution >= 4 is 23.2 Å². The minimum atomic E-state index is -0.0367. The largest absolute Gasteiger partial charge is 0.495 e. The van der Waals surface area contributed by atoms with Gasteiger partial charge in [-0.05, 0) is 30.5 Å². The number of aromatic nitrogens is 1. The van der Waals surface area contributed by atoms with Crippen LogP contribution < -0.4 is 9.64 Å². The van der Waals surface area contributed by atoms with E-state index in [2.05, 4.69) is 5.16 Å². The van der Waals surface area contributed by atoms with Gasteiger partial charge in [0.2, 0.25) is 5.91 Å². The predicted octanol–water partition coefficient (Wildman–Crippen LogP) is 2.86. The van der Waals surface area contributed by atoms with Crippen LogP contribution in [-0.2, 0) is 17.6 Å². The minimum absolute atomic E-state index is 0.0367. The van der Waals surface area contributed by atoms with Gasteiger partial charge in [-0.1, -0.05) is 16.8 Å². The van der Waals surface area contributed by atoms with Crippen molar-refractivity contribution in [3.63, 3.8) is 0 Å². The predicted molar refractivity (Wildman–Crippen MR) is 78.9 cm³/mol. The Hall–Kier alpha value is -2.01. The topological polar surface area (TPSA) is 55.6 Å². The molecule has 21 heavy (non-hydrogen) atoms. The summed E-state index contributed by atoms with van der Waals surface area (Å²) in [6.07, 6.45) is 3.39. The average molecular weight is 307 g/mol. The van der Waals surface area contributed by atoms with Gasteiger partial charge in [-0.25, -0.2) is 0 Å². The van der Waals surface area contributed by atoms with E-state index in [0.29, 0.717) is 23.0 Å². The van der Waals surface area contributed by atoms with Crippen molar-refractivity contribution in [1.29, 1.82) is 0 Å². The second-order valence-corrected chi connectivity index (χ2v) is 5.30. The molecule has 1 amide bonds. The van der Waals surface area contributed by atoms with Gasteiger partial charge in [-0.15, -0.1) is 0 Å². The smallest absolute Gasteiger partial charge is 0.233 e. The van der Waals surface area contributed by atoms with Gasteiger partial charge in [0.25, 0.3) is 0 Å². The zero-order valence-corrected chi connectivity index (χ0v) is 12.4. The second-order valence-electron chi connectivity index (χ2n) is 4.89. The summed E-state index contributed by atoms with van der Waals surface area (Å²) >= 11 is 6.26. The van der Waals surface area contributed by atoms with Crippen LogP contribution >= 0.6 is 11.6 Å². The molecular weight excluding hydrogens is 292 g/mol. The van der Waals surface area contributed by atoms with Crippen LogP contribution in [0.4, 0.5) is 5.69 Å².